The fourth-order valence-corrected chi connectivity index (χ4v) is 3.95. The first-order valence-corrected chi connectivity index (χ1v) is 9.23. The zero-order valence-electron chi connectivity index (χ0n) is 16.0. The second kappa shape index (κ2) is 6.81. The summed E-state index contributed by atoms with van der Waals surface area (Å²) in [5.74, 6) is 1.73. The van der Waals surface area contributed by atoms with Gasteiger partial charge in [0.1, 0.15) is 24.5 Å². The van der Waals surface area contributed by atoms with Gasteiger partial charge in [0.2, 0.25) is 0 Å². The molecule has 1 fully saturated rings. The number of nitrogens with two attached hydrogens (primary N) is 1. The number of oxime groups is 1. The van der Waals surface area contributed by atoms with Crippen LogP contribution in [0, 0.1) is 5.92 Å². The van der Waals surface area contributed by atoms with Gasteiger partial charge in [-0.3, -0.25) is 0 Å². The maximum absolute atomic E-state index is 6.24. The summed E-state index contributed by atoms with van der Waals surface area (Å²) in [7, 11) is 1.66. The van der Waals surface area contributed by atoms with Crippen molar-refractivity contribution in [3.8, 4) is 17.0 Å². The van der Waals surface area contributed by atoms with Crippen LogP contribution in [0.15, 0.2) is 29.7 Å². The molecule has 2 heterocycles. The number of anilines is 1. The molecule has 4 rings (SSSR count). The molecule has 1 aliphatic carbocycles. The SMILES string of the molecule is COc1ccc2c(c1)/C(=N/OC[C@@H]1CCNC1)C(C)(C)c1c(N)ncnc1-2. The lowest BCUT2D eigenvalue weighted by Gasteiger charge is -2.34. The van der Waals surface area contributed by atoms with Crippen LogP contribution >= 0.6 is 0 Å². The number of nitrogen functional groups attached to an aromatic ring is 1. The maximum Gasteiger partial charge on any atom is 0.131 e. The third-order valence-corrected chi connectivity index (χ3v) is 5.46. The molecule has 1 atom stereocenters. The van der Waals surface area contributed by atoms with Crippen molar-refractivity contribution >= 4 is 11.5 Å². The van der Waals surface area contributed by atoms with E-state index in [0.717, 1.165) is 53.4 Å². The Kier molecular flexibility index (Phi) is 4.47. The lowest BCUT2D eigenvalue weighted by Crippen LogP contribution is -2.36. The Bertz CT molecular complexity index is 888. The monoisotopic (exact) mass is 367 g/mol. The molecular formula is C20H25N5O2. The van der Waals surface area contributed by atoms with E-state index >= 15 is 0 Å². The van der Waals surface area contributed by atoms with Gasteiger partial charge in [0, 0.05) is 34.6 Å². The summed E-state index contributed by atoms with van der Waals surface area (Å²) in [6.45, 7) is 6.76. The van der Waals surface area contributed by atoms with Crippen LogP contribution in [0.5, 0.6) is 5.75 Å². The third-order valence-electron chi connectivity index (χ3n) is 5.46. The predicted molar refractivity (Wildman–Crippen MR) is 105 cm³/mol. The fourth-order valence-electron chi connectivity index (χ4n) is 3.95. The molecule has 0 unspecified atom stereocenters. The predicted octanol–water partition coefficient (Wildman–Crippen LogP) is 2.36. The summed E-state index contributed by atoms with van der Waals surface area (Å²) in [5.41, 5.74) is 10.2. The molecule has 0 saturated carbocycles. The van der Waals surface area contributed by atoms with Crippen LogP contribution in [0.3, 0.4) is 0 Å². The minimum atomic E-state index is -0.492. The zero-order valence-corrected chi connectivity index (χ0v) is 16.0. The number of methoxy groups -OCH3 is 1. The Labute approximate surface area is 159 Å². The van der Waals surface area contributed by atoms with Gasteiger partial charge >= 0.3 is 0 Å². The van der Waals surface area contributed by atoms with Crippen LogP contribution in [0.2, 0.25) is 0 Å². The number of nitrogens with one attached hydrogen (secondary N) is 1. The summed E-state index contributed by atoms with van der Waals surface area (Å²) < 4.78 is 5.43. The molecule has 0 spiro atoms. The van der Waals surface area contributed by atoms with Gasteiger partial charge in [-0.25, -0.2) is 9.97 Å². The molecular weight excluding hydrogens is 342 g/mol. The third kappa shape index (κ3) is 3.02. The molecule has 0 amide bonds. The number of rotatable bonds is 4. The molecule has 27 heavy (non-hydrogen) atoms. The van der Waals surface area contributed by atoms with Crippen LogP contribution in [-0.4, -0.2) is 42.5 Å². The molecule has 1 aromatic heterocycles. The average Bonchev–Trinajstić information content (AvgIpc) is 3.17. The summed E-state index contributed by atoms with van der Waals surface area (Å²) in [6.07, 6.45) is 2.62. The van der Waals surface area contributed by atoms with Crippen molar-refractivity contribution in [3.05, 3.63) is 35.7 Å². The van der Waals surface area contributed by atoms with Gasteiger partial charge in [-0.05, 0) is 45.0 Å². The van der Waals surface area contributed by atoms with Crippen molar-refractivity contribution in [2.75, 3.05) is 32.5 Å². The number of aromatic nitrogens is 2. The Hall–Kier alpha value is -2.67. The van der Waals surface area contributed by atoms with Gasteiger partial charge < -0.3 is 20.6 Å². The number of benzene rings is 1. The topological polar surface area (TPSA) is 94.7 Å². The van der Waals surface area contributed by atoms with Gasteiger partial charge in [-0.2, -0.15) is 0 Å². The van der Waals surface area contributed by atoms with Crippen LogP contribution < -0.4 is 15.8 Å². The Balaban J connectivity index is 1.81. The number of ether oxygens (including phenoxy) is 1. The van der Waals surface area contributed by atoms with E-state index in [1.807, 2.05) is 18.2 Å². The molecule has 0 radical (unpaired) electrons. The minimum Gasteiger partial charge on any atom is -0.497 e. The molecule has 7 heteroatoms. The minimum absolute atomic E-state index is 0.471. The van der Waals surface area contributed by atoms with Gasteiger partial charge in [0.05, 0.1) is 18.5 Å². The van der Waals surface area contributed by atoms with Gasteiger partial charge in [0.25, 0.3) is 0 Å². The Morgan fingerprint density at radius 2 is 2.15 bits per heavy atom. The van der Waals surface area contributed by atoms with Gasteiger partial charge in [-0.15, -0.1) is 0 Å². The fraction of sp³-hybridized carbons (Fsp3) is 0.450. The number of hydrogen-bond acceptors (Lipinski definition) is 7. The second-order valence-electron chi connectivity index (χ2n) is 7.61. The van der Waals surface area contributed by atoms with Crippen molar-refractivity contribution in [1.82, 2.24) is 15.3 Å². The van der Waals surface area contributed by atoms with Crippen molar-refractivity contribution in [1.29, 1.82) is 0 Å². The molecule has 2 aromatic rings. The highest BCUT2D eigenvalue weighted by molar-refractivity contribution is 6.15. The van der Waals surface area contributed by atoms with Crippen LogP contribution in [0.4, 0.5) is 5.82 Å². The average molecular weight is 367 g/mol. The van der Waals surface area contributed by atoms with Crippen LogP contribution in [-0.2, 0) is 10.3 Å². The number of hydrogen-bond donors (Lipinski definition) is 2. The largest absolute Gasteiger partial charge is 0.497 e. The van der Waals surface area contributed by atoms with Crippen molar-refractivity contribution in [3.63, 3.8) is 0 Å². The van der Waals surface area contributed by atoms with E-state index in [9.17, 15) is 0 Å². The van der Waals surface area contributed by atoms with E-state index in [1.54, 1.807) is 7.11 Å². The van der Waals surface area contributed by atoms with E-state index < -0.39 is 5.41 Å². The molecule has 1 saturated heterocycles. The van der Waals surface area contributed by atoms with Crippen LogP contribution in [0.1, 0.15) is 31.4 Å². The Morgan fingerprint density at radius 1 is 1.30 bits per heavy atom. The molecule has 142 valence electrons. The first-order valence-electron chi connectivity index (χ1n) is 9.23. The molecule has 2 aliphatic rings. The molecule has 0 bridgehead atoms. The van der Waals surface area contributed by atoms with Crippen molar-refractivity contribution in [2.45, 2.75) is 25.7 Å². The smallest absolute Gasteiger partial charge is 0.131 e. The molecule has 1 aromatic carbocycles. The van der Waals surface area contributed by atoms with E-state index in [2.05, 4.69) is 34.3 Å². The standard InChI is InChI=1S/C20H25N5O2/c1-20(2)16-17(23-11-24-19(16)21)14-5-4-13(26-3)8-15(14)18(20)25-27-10-12-6-7-22-9-12/h4-5,8,11-12,22H,6-7,9-10H2,1-3H3,(H2,21,23,24)/b25-18-/t12-/m1/s1. The maximum atomic E-state index is 6.24. The quantitative estimate of drug-likeness (QED) is 0.806. The van der Waals surface area contributed by atoms with Gasteiger partial charge in [0.15, 0.2) is 0 Å². The summed E-state index contributed by atoms with van der Waals surface area (Å²) >= 11 is 0. The first kappa shape index (κ1) is 17.7. The summed E-state index contributed by atoms with van der Waals surface area (Å²) in [5, 5.41) is 7.93. The lowest BCUT2D eigenvalue weighted by atomic mass is 9.70. The summed E-state index contributed by atoms with van der Waals surface area (Å²) in [6, 6.07) is 5.89. The second-order valence-corrected chi connectivity index (χ2v) is 7.61. The van der Waals surface area contributed by atoms with Crippen LogP contribution in [0.25, 0.3) is 11.3 Å². The molecule has 7 nitrogen and oxygen atoms in total. The lowest BCUT2D eigenvalue weighted by molar-refractivity contribution is 0.112. The number of nitrogens with zero attached hydrogens (tertiary/aromatic N) is 3. The zero-order chi connectivity index (χ0) is 19.0. The Morgan fingerprint density at radius 3 is 2.89 bits per heavy atom. The summed E-state index contributed by atoms with van der Waals surface area (Å²) in [4.78, 5) is 14.5. The van der Waals surface area contributed by atoms with E-state index in [-0.39, 0.29) is 0 Å². The van der Waals surface area contributed by atoms with Crippen molar-refractivity contribution in [2.24, 2.45) is 11.1 Å². The molecule has 3 N–H and O–H groups in total. The number of fused-ring (bicyclic) bond motifs is 3. The molecule has 1 aliphatic heterocycles. The van der Waals surface area contributed by atoms with E-state index in [1.165, 1.54) is 6.33 Å². The van der Waals surface area contributed by atoms with Crippen molar-refractivity contribution < 1.29 is 9.57 Å². The highest BCUT2D eigenvalue weighted by Crippen LogP contribution is 2.45. The highest BCUT2D eigenvalue weighted by Gasteiger charge is 2.41. The highest BCUT2D eigenvalue weighted by atomic mass is 16.6. The first-order chi connectivity index (χ1) is 13.0. The van der Waals surface area contributed by atoms with E-state index in [4.69, 9.17) is 15.3 Å². The normalized spacial score (nSPS) is 21.6. The van der Waals surface area contributed by atoms with Gasteiger partial charge in [-0.1, -0.05) is 5.16 Å². The van der Waals surface area contributed by atoms with E-state index in [0.29, 0.717) is 18.3 Å².